The highest BCUT2D eigenvalue weighted by Gasteiger charge is 2.43. The Balaban J connectivity index is 1.92. The summed E-state index contributed by atoms with van der Waals surface area (Å²) in [5.74, 6) is 0. The monoisotopic (exact) mass is 252 g/mol. The van der Waals surface area contributed by atoms with Crippen molar-refractivity contribution in [3.8, 4) is 0 Å². The molecule has 0 unspecified atom stereocenters. The van der Waals surface area contributed by atoms with Gasteiger partial charge in [-0.3, -0.25) is 0 Å². The van der Waals surface area contributed by atoms with E-state index < -0.39 is 0 Å². The molecule has 1 saturated heterocycles. The Kier molecular flexibility index (Phi) is 1.93. The zero-order valence-electron chi connectivity index (χ0n) is 6.11. The van der Waals surface area contributed by atoms with Crippen molar-refractivity contribution in [2.75, 3.05) is 11.0 Å². The smallest absolute Gasteiger partial charge is 0.0670 e. The Hall–Kier alpha value is 0.690. The average Bonchev–Trinajstić information content (AvgIpc) is 2.29. The van der Waals surface area contributed by atoms with Crippen molar-refractivity contribution in [1.29, 1.82) is 0 Å². The lowest BCUT2D eigenvalue weighted by Gasteiger charge is -2.36. The molecule has 0 bridgehead atoms. The molecule has 1 atom stereocenters. The molecule has 1 spiro atoms. The molecule has 10 heavy (non-hydrogen) atoms. The minimum absolute atomic E-state index is 0.584. The first-order valence-electron chi connectivity index (χ1n) is 4.02. The molecule has 0 aromatic rings. The topological polar surface area (TPSA) is 9.23 Å². The molecule has 1 nitrogen and oxygen atoms in total. The van der Waals surface area contributed by atoms with E-state index in [1.54, 1.807) is 0 Å². The summed E-state index contributed by atoms with van der Waals surface area (Å²) < 4.78 is 6.83. The Morgan fingerprint density at radius 2 is 2.30 bits per heavy atom. The van der Waals surface area contributed by atoms with Gasteiger partial charge in [0.05, 0.1) is 12.7 Å². The maximum Gasteiger partial charge on any atom is 0.0670 e. The minimum Gasteiger partial charge on any atom is -0.377 e. The number of hydrogen-bond donors (Lipinski definition) is 0. The predicted molar refractivity (Wildman–Crippen MR) is 49.5 cm³/mol. The van der Waals surface area contributed by atoms with E-state index in [2.05, 4.69) is 22.6 Å². The molecule has 0 aromatic heterocycles. The van der Waals surface area contributed by atoms with Crippen LogP contribution in [-0.4, -0.2) is 17.1 Å². The first kappa shape index (κ1) is 7.35. The number of ether oxygens (including phenoxy) is 1. The van der Waals surface area contributed by atoms with Gasteiger partial charge in [0.1, 0.15) is 0 Å². The molecule has 0 radical (unpaired) electrons. The third-order valence-electron chi connectivity index (χ3n) is 2.87. The normalized spacial score (nSPS) is 36.3. The van der Waals surface area contributed by atoms with Gasteiger partial charge < -0.3 is 4.74 Å². The largest absolute Gasteiger partial charge is 0.377 e. The van der Waals surface area contributed by atoms with Gasteiger partial charge in [-0.15, -0.1) is 0 Å². The van der Waals surface area contributed by atoms with Crippen molar-refractivity contribution in [2.45, 2.75) is 31.8 Å². The van der Waals surface area contributed by atoms with E-state index in [0.717, 1.165) is 6.61 Å². The summed E-state index contributed by atoms with van der Waals surface area (Å²) in [5, 5.41) is 0. The van der Waals surface area contributed by atoms with Gasteiger partial charge in [-0.05, 0) is 24.7 Å². The molecule has 1 aliphatic heterocycles. The summed E-state index contributed by atoms with van der Waals surface area (Å²) in [6, 6.07) is 0. The quantitative estimate of drug-likeness (QED) is 0.514. The van der Waals surface area contributed by atoms with E-state index in [1.807, 2.05) is 0 Å². The summed E-state index contributed by atoms with van der Waals surface area (Å²) in [5.41, 5.74) is 0.663. The maximum absolute atomic E-state index is 5.65. The zero-order chi connectivity index (χ0) is 7.03. The van der Waals surface area contributed by atoms with Crippen LogP contribution in [0.5, 0.6) is 0 Å². The standard InChI is InChI=1S/C8H13IO/c9-5-7-4-8(6-10-7)2-1-3-8/h7H,1-6H2/t7-/m1/s1. The summed E-state index contributed by atoms with van der Waals surface area (Å²) in [7, 11) is 0. The molecular formula is C8H13IO. The second-order valence-corrected chi connectivity index (χ2v) is 4.53. The first-order chi connectivity index (χ1) is 4.85. The minimum atomic E-state index is 0.584. The summed E-state index contributed by atoms with van der Waals surface area (Å²) in [6.45, 7) is 1.06. The second kappa shape index (κ2) is 2.63. The van der Waals surface area contributed by atoms with Crippen LogP contribution >= 0.6 is 22.6 Å². The Morgan fingerprint density at radius 3 is 2.60 bits per heavy atom. The van der Waals surface area contributed by atoms with Crippen molar-refractivity contribution in [1.82, 2.24) is 0 Å². The van der Waals surface area contributed by atoms with E-state index in [0.29, 0.717) is 11.5 Å². The van der Waals surface area contributed by atoms with E-state index in [4.69, 9.17) is 4.74 Å². The first-order valence-corrected chi connectivity index (χ1v) is 5.55. The third kappa shape index (κ3) is 1.09. The highest BCUT2D eigenvalue weighted by atomic mass is 127. The van der Waals surface area contributed by atoms with Crippen molar-refractivity contribution in [3.05, 3.63) is 0 Å². The molecule has 2 aliphatic rings. The molecule has 1 heterocycles. The fourth-order valence-electron chi connectivity index (χ4n) is 2.02. The van der Waals surface area contributed by atoms with Crippen molar-refractivity contribution < 1.29 is 4.74 Å². The van der Waals surface area contributed by atoms with Crippen LogP contribution in [0.3, 0.4) is 0 Å². The molecule has 0 amide bonds. The summed E-state index contributed by atoms with van der Waals surface area (Å²) in [4.78, 5) is 0. The number of hydrogen-bond acceptors (Lipinski definition) is 1. The van der Waals surface area contributed by atoms with Crippen molar-refractivity contribution in [2.24, 2.45) is 5.41 Å². The van der Waals surface area contributed by atoms with Gasteiger partial charge in [0, 0.05) is 4.43 Å². The van der Waals surface area contributed by atoms with Gasteiger partial charge in [-0.2, -0.15) is 0 Å². The van der Waals surface area contributed by atoms with E-state index in [1.165, 1.54) is 30.1 Å². The van der Waals surface area contributed by atoms with Crippen LogP contribution in [0.2, 0.25) is 0 Å². The highest BCUT2D eigenvalue weighted by Crippen LogP contribution is 2.49. The fourth-order valence-corrected chi connectivity index (χ4v) is 2.59. The highest BCUT2D eigenvalue weighted by molar-refractivity contribution is 14.1. The molecule has 0 N–H and O–H groups in total. The van der Waals surface area contributed by atoms with Crippen molar-refractivity contribution in [3.63, 3.8) is 0 Å². The second-order valence-electron chi connectivity index (χ2n) is 3.64. The van der Waals surface area contributed by atoms with Gasteiger partial charge in [0.15, 0.2) is 0 Å². The summed E-state index contributed by atoms with van der Waals surface area (Å²) >= 11 is 2.42. The van der Waals surface area contributed by atoms with E-state index >= 15 is 0 Å². The molecule has 2 rings (SSSR count). The molecule has 1 saturated carbocycles. The lowest BCUT2D eigenvalue weighted by molar-refractivity contribution is 0.0762. The van der Waals surface area contributed by atoms with Gasteiger partial charge in [0.25, 0.3) is 0 Å². The van der Waals surface area contributed by atoms with Crippen LogP contribution in [0.1, 0.15) is 25.7 Å². The van der Waals surface area contributed by atoms with Crippen LogP contribution in [-0.2, 0) is 4.74 Å². The molecule has 2 fully saturated rings. The molecule has 58 valence electrons. The average molecular weight is 252 g/mol. The van der Waals surface area contributed by atoms with Gasteiger partial charge in [-0.25, -0.2) is 0 Å². The maximum atomic E-state index is 5.65. The number of rotatable bonds is 1. The zero-order valence-corrected chi connectivity index (χ0v) is 8.26. The number of halogens is 1. The summed E-state index contributed by atoms with van der Waals surface area (Å²) in [6.07, 6.45) is 6.23. The van der Waals surface area contributed by atoms with Gasteiger partial charge >= 0.3 is 0 Å². The van der Waals surface area contributed by atoms with E-state index in [9.17, 15) is 0 Å². The van der Waals surface area contributed by atoms with Gasteiger partial charge in [0.2, 0.25) is 0 Å². The number of alkyl halides is 1. The SMILES string of the molecule is IC[C@H]1CC2(CCC2)CO1. The van der Waals surface area contributed by atoms with Crippen LogP contribution in [0, 0.1) is 5.41 Å². The fraction of sp³-hybridized carbons (Fsp3) is 1.00. The van der Waals surface area contributed by atoms with Crippen LogP contribution in [0.4, 0.5) is 0 Å². The third-order valence-corrected chi connectivity index (χ3v) is 3.85. The van der Waals surface area contributed by atoms with Crippen molar-refractivity contribution >= 4 is 22.6 Å². The Morgan fingerprint density at radius 1 is 1.50 bits per heavy atom. The lowest BCUT2D eigenvalue weighted by atomic mass is 9.68. The molecule has 2 heteroatoms. The van der Waals surface area contributed by atoms with Crippen LogP contribution in [0.15, 0.2) is 0 Å². The predicted octanol–water partition coefficient (Wildman–Crippen LogP) is 2.38. The molecule has 0 aromatic carbocycles. The lowest BCUT2D eigenvalue weighted by Crippen LogP contribution is -2.29. The Labute approximate surface area is 75.7 Å². The van der Waals surface area contributed by atoms with Crippen LogP contribution in [0.25, 0.3) is 0 Å². The molecule has 1 aliphatic carbocycles. The van der Waals surface area contributed by atoms with Gasteiger partial charge in [-0.1, -0.05) is 29.0 Å². The Bertz CT molecular complexity index is 131. The van der Waals surface area contributed by atoms with Crippen LogP contribution < -0.4 is 0 Å². The van der Waals surface area contributed by atoms with E-state index in [-0.39, 0.29) is 0 Å². The molecular weight excluding hydrogens is 239 g/mol.